The van der Waals surface area contributed by atoms with E-state index in [9.17, 15) is 8.78 Å². The van der Waals surface area contributed by atoms with Crippen molar-refractivity contribution in [1.29, 1.82) is 0 Å². The third-order valence-electron chi connectivity index (χ3n) is 2.34. The van der Waals surface area contributed by atoms with Crippen LogP contribution in [0.15, 0.2) is 18.2 Å². The maximum absolute atomic E-state index is 13.4. The number of benzene rings is 1. The SMILES string of the molecule is Cc1nn(C)c(Oc2cccc(F)c2F)c1N. The zero-order valence-corrected chi connectivity index (χ0v) is 9.37. The predicted octanol–water partition coefficient (Wildman–Crippen LogP) is 2.38. The summed E-state index contributed by atoms with van der Waals surface area (Å²) in [7, 11) is 1.61. The summed E-state index contributed by atoms with van der Waals surface area (Å²) in [6.45, 7) is 1.70. The number of aryl methyl sites for hydroxylation is 2. The molecule has 2 aromatic rings. The van der Waals surface area contributed by atoms with Gasteiger partial charge in [-0.15, -0.1) is 0 Å². The van der Waals surface area contributed by atoms with Gasteiger partial charge in [-0.3, -0.25) is 0 Å². The third-order valence-corrected chi connectivity index (χ3v) is 2.34. The number of ether oxygens (including phenoxy) is 1. The van der Waals surface area contributed by atoms with Gasteiger partial charge in [0.05, 0.1) is 5.69 Å². The standard InChI is InChI=1S/C11H11F2N3O/c1-6-10(14)11(16(2)15-6)17-8-5-3-4-7(12)9(8)13/h3-5H,14H2,1-2H3. The number of nitrogens with zero attached hydrogens (tertiary/aromatic N) is 2. The van der Waals surface area contributed by atoms with E-state index in [1.165, 1.54) is 16.8 Å². The molecule has 0 aliphatic carbocycles. The zero-order valence-electron chi connectivity index (χ0n) is 9.37. The van der Waals surface area contributed by atoms with Crippen LogP contribution in [0.25, 0.3) is 0 Å². The second-order valence-electron chi connectivity index (χ2n) is 3.58. The second-order valence-corrected chi connectivity index (χ2v) is 3.58. The van der Waals surface area contributed by atoms with Crippen LogP contribution in [0.3, 0.4) is 0 Å². The zero-order chi connectivity index (χ0) is 12.6. The minimum Gasteiger partial charge on any atom is -0.434 e. The molecule has 0 bridgehead atoms. The van der Waals surface area contributed by atoms with E-state index >= 15 is 0 Å². The number of aromatic nitrogens is 2. The van der Waals surface area contributed by atoms with E-state index in [-0.39, 0.29) is 11.6 Å². The Hall–Kier alpha value is -2.11. The van der Waals surface area contributed by atoms with Gasteiger partial charge in [0, 0.05) is 7.05 Å². The van der Waals surface area contributed by atoms with Gasteiger partial charge >= 0.3 is 0 Å². The lowest BCUT2D eigenvalue weighted by atomic mass is 10.3. The topological polar surface area (TPSA) is 53.1 Å². The lowest BCUT2D eigenvalue weighted by Gasteiger charge is -2.07. The monoisotopic (exact) mass is 239 g/mol. The summed E-state index contributed by atoms with van der Waals surface area (Å²) in [5.41, 5.74) is 6.59. The van der Waals surface area contributed by atoms with Crippen molar-refractivity contribution < 1.29 is 13.5 Å². The van der Waals surface area contributed by atoms with Gasteiger partial charge in [0.15, 0.2) is 11.6 Å². The van der Waals surface area contributed by atoms with Crippen molar-refractivity contribution >= 4 is 5.69 Å². The lowest BCUT2D eigenvalue weighted by molar-refractivity contribution is 0.389. The average molecular weight is 239 g/mol. The Morgan fingerprint density at radius 1 is 1.35 bits per heavy atom. The molecule has 0 aliphatic rings. The van der Waals surface area contributed by atoms with Crippen molar-refractivity contribution in [3.8, 4) is 11.6 Å². The number of nitrogen functional groups attached to an aromatic ring is 1. The summed E-state index contributed by atoms with van der Waals surface area (Å²) >= 11 is 0. The largest absolute Gasteiger partial charge is 0.434 e. The number of hydrogen-bond donors (Lipinski definition) is 1. The van der Waals surface area contributed by atoms with E-state index in [4.69, 9.17) is 10.5 Å². The van der Waals surface area contributed by atoms with Gasteiger partial charge in [-0.05, 0) is 19.1 Å². The van der Waals surface area contributed by atoms with Crippen LogP contribution >= 0.6 is 0 Å². The number of anilines is 1. The first-order valence-corrected chi connectivity index (χ1v) is 4.91. The van der Waals surface area contributed by atoms with Gasteiger partial charge in [-0.25, -0.2) is 9.07 Å². The fraction of sp³-hybridized carbons (Fsp3) is 0.182. The lowest BCUT2D eigenvalue weighted by Crippen LogP contribution is -1.99. The molecule has 4 nitrogen and oxygen atoms in total. The first kappa shape index (κ1) is 11.4. The van der Waals surface area contributed by atoms with Crippen LogP contribution in [0.4, 0.5) is 14.5 Å². The van der Waals surface area contributed by atoms with Gasteiger partial charge in [-0.1, -0.05) is 6.07 Å². The highest BCUT2D eigenvalue weighted by atomic mass is 19.2. The van der Waals surface area contributed by atoms with Crippen molar-refractivity contribution in [2.24, 2.45) is 7.05 Å². The molecule has 0 saturated heterocycles. The van der Waals surface area contributed by atoms with Crippen molar-refractivity contribution in [3.05, 3.63) is 35.5 Å². The van der Waals surface area contributed by atoms with E-state index in [2.05, 4.69) is 5.10 Å². The molecule has 2 rings (SSSR count). The molecule has 1 aromatic carbocycles. The highest BCUT2D eigenvalue weighted by Gasteiger charge is 2.16. The molecule has 2 N–H and O–H groups in total. The summed E-state index contributed by atoms with van der Waals surface area (Å²) in [6.07, 6.45) is 0. The molecule has 6 heteroatoms. The van der Waals surface area contributed by atoms with Gasteiger partial charge in [0.25, 0.3) is 0 Å². The molecule has 1 heterocycles. The molecule has 0 unspecified atom stereocenters. The number of hydrogen-bond acceptors (Lipinski definition) is 3. The molecule has 0 fully saturated rings. The Bertz CT molecular complexity index is 566. The smallest absolute Gasteiger partial charge is 0.241 e. The molecular weight excluding hydrogens is 228 g/mol. The number of halogens is 2. The van der Waals surface area contributed by atoms with Crippen LogP contribution in [0.5, 0.6) is 11.6 Å². The Balaban J connectivity index is 2.41. The summed E-state index contributed by atoms with van der Waals surface area (Å²) < 4.78 is 33.0. The van der Waals surface area contributed by atoms with E-state index in [0.29, 0.717) is 11.4 Å². The van der Waals surface area contributed by atoms with E-state index in [0.717, 1.165) is 6.07 Å². The fourth-order valence-electron chi connectivity index (χ4n) is 1.44. The molecule has 0 spiro atoms. The Labute approximate surface area is 96.6 Å². The second kappa shape index (κ2) is 4.04. The van der Waals surface area contributed by atoms with E-state index < -0.39 is 11.6 Å². The maximum Gasteiger partial charge on any atom is 0.241 e. The van der Waals surface area contributed by atoms with E-state index in [1.54, 1.807) is 14.0 Å². The quantitative estimate of drug-likeness (QED) is 0.875. The predicted molar refractivity (Wildman–Crippen MR) is 58.8 cm³/mol. The van der Waals surface area contributed by atoms with Gasteiger partial charge in [0.2, 0.25) is 11.7 Å². The van der Waals surface area contributed by atoms with Gasteiger partial charge in [0.1, 0.15) is 5.69 Å². The molecule has 0 saturated carbocycles. The van der Waals surface area contributed by atoms with Crippen molar-refractivity contribution in [3.63, 3.8) is 0 Å². The average Bonchev–Trinajstić information content (AvgIpc) is 2.51. The molecule has 0 atom stereocenters. The normalized spacial score (nSPS) is 10.6. The van der Waals surface area contributed by atoms with Crippen LogP contribution in [0.1, 0.15) is 5.69 Å². The Morgan fingerprint density at radius 3 is 2.65 bits per heavy atom. The first-order valence-electron chi connectivity index (χ1n) is 4.91. The van der Waals surface area contributed by atoms with E-state index in [1.807, 2.05) is 0 Å². The molecule has 17 heavy (non-hydrogen) atoms. The molecular formula is C11H11F2N3O. The van der Waals surface area contributed by atoms with Gasteiger partial charge < -0.3 is 10.5 Å². The van der Waals surface area contributed by atoms with Crippen molar-refractivity contribution in [2.75, 3.05) is 5.73 Å². The Morgan fingerprint density at radius 2 is 2.06 bits per heavy atom. The van der Waals surface area contributed by atoms with Crippen LogP contribution in [0, 0.1) is 18.6 Å². The van der Waals surface area contributed by atoms with Crippen LogP contribution in [-0.4, -0.2) is 9.78 Å². The minimum absolute atomic E-state index is 0.187. The maximum atomic E-state index is 13.4. The highest BCUT2D eigenvalue weighted by Crippen LogP contribution is 2.31. The minimum atomic E-state index is -1.05. The highest BCUT2D eigenvalue weighted by molar-refractivity contribution is 5.53. The summed E-state index contributed by atoms with van der Waals surface area (Å²) in [5.74, 6) is -2.06. The molecule has 0 radical (unpaired) electrons. The molecule has 1 aromatic heterocycles. The Kier molecular flexibility index (Phi) is 2.71. The van der Waals surface area contributed by atoms with Crippen LogP contribution in [-0.2, 0) is 7.05 Å². The third kappa shape index (κ3) is 1.93. The summed E-state index contributed by atoms with van der Waals surface area (Å²) in [5, 5.41) is 4.01. The number of nitrogens with two attached hydrogens (primary N) is 1. The molecule has 0 amide bonds. The summed E-state index contributed by atoms with van der Waals surface area (Å²) in [4.78, 5) is 0. The summed E-state index contributed by atoms with van der Waals surface area (Å²) in [6, 6.07) is 3.69. The van der Waals surface area contributed by atoms with Crippen molar-refractivity contribution in [2.45, 2.75) is 6.92 Å². The van der Waals surface area contributed by atoms with Crippen LogP contribution in [0.2, 0.25) is 0 Å². The molecule has 90 valence electrons. The van der Waals surface area contributed by atoms with Gasteiger partial charge in [-0.2, -0.15) is 9.49 Å². The van der Waals surface area contributed by atoms with Crippen LogP contribution < -0.4 is 10.5 Å². The first-order chi connectivity index (χ1) is 8.00. The fourth-order valence-corrected chi connectivity index (χ4v) is 1.44. The van der Waals surface area contributed by atoms with Crippen molar-refractivity contribution in [1.82, 2.24) is 9.78 Å². The molecule has 0 aliphatic heterocycles. The number of rotatable bonds is 2.